The van der Waals surface area contributed by atoms with Gasteiger partial charge in [-0.25, -0.2) is 4.79 Å². The number of nitrogens with one attached hydrogen (secondary N) is 1. The standard InChI is InChI=1S/C12H12N2O5/c15-10(4-3-8-2-1-5-13-7-8)14-9(12(18)19)6-11(16)17/h1-5,7,9H,6H2,(H,14,15)(H,16,17)(H,18,19)/b4-3+/t9-/m0/s1. The zero-order valence-electron chi connectivity index (χ0n) is 9.81. The van der Waals surface area contributed by atoms with Crippen LogP contribution in [0.15, 0.2) is 30.6 Å². The van der Waals surface area contributed by atoms with Crippen LogP contribution < -0.4 is 5.32 Å². The Labute approximate surface area is 108 Å². The number of pyridine rings is 1. The minimum absolute atomic E-state index is 0.669. The Morgan fingerprint density at radius 1 is 1.37 bits per heavy atom. The molecular weight excluding hydrogens is 252 g/mol. The van der Waals surface area contributed by atoms with Crippen LogP contribution in [0.2, 0.25) is 0 Å². The molecule has 0 aliphatic rings. The monoisotopic (exact) mass is 264 g/mol. The van der Waals surface area contributed by atoms with Gasteiger partial charge in [0.2, 0.25) is 5.91 Å². The maximum Gasteiger partial charge on any atom is 0.326 e. The fraction of sp³-hybridized carbons (Fsp3) is 0.167. The first-order chi connectivity index (χ1) is 8.99. The Kier molecular flexibility index (Phi) is 5.21. The molecule has 1 aromatic heterocycles. The number of hydrogen-bond donors (Lipinski definition) is 3. The molecule has 1 rings (SSSR count). The largest absolute Gasteiger partial charge is 0.481 e. The number of rotatable bonds is 6. The lowest BCUT2D eigenvalue weighted by molar-refractivity contribution is -0.146. The molecule has 1 aromatic rings. The van der Waals surface area contributed by atoms with Crippen molar-refractivity contribution in [1.29, 1.82) is 0 Å². The number of amides is 1. The smallest absolute Gasteiger partial charge is 0.326 e. The van der Waals surface area contributed by atoms with Crippen molar-refractivity contribution in [1.82, 2.24) is 10.3 Å². The van der Waals surface area contributed by atoms with Crippen molar-refractivity contribution in [2.45, 2.75) is 12.5 Å². The molecule has 3 N–H and O–H groups in total. The molecule has 7 nitrogen and oxygen atoms in total. The molecule has 1 amide bonds. The summed E-state index contributed by atoms with van der Waals surface area (Å²) in [7, 11) is 0. The van der Waals surface area contributed by atoms with Crippen molar-refractivity contribution in [2.24, 2.45) is 0 Å². The topological polar surface area (TPSA) is 117 Å². The SMILES string of the molecule is O=C(O)C[C@H](NC(=O)/C=C/c1cccnc1)C(=O)O. The lowest BCUT2D eigenvalue weighted by Gasteiger charge is -2.10. The van der Waals surface area contributed by atoms with Gasteiger partial charge in [0.15, 0.2) is 0 Å². The number of carboxylic acid groups (broad SMARTS) is 2. The predicted octanol–water partition coefficient (Wildman–Crippen LogP) is 0.139. The van der Waals surface area contributed by atoms with E-state index >= 15 is 0 Å². The van der Waals surface area contributed by atoms with Crippen LogP contribution in [0.5, 0.6) is 0 Å². The van der Waals surface area contributed by atoms with Gasteiger partial charge in [-0.15, -0.1) is 0 Å². The summed E-state index contributed by atoms with van der Waals surface area (Å²) in [5.74, 6) is -3.38. The zero-order valence-corrected chi connectivity index (χ0v) is 9.81. The van der Waals surface area contributed by atoms with Crippen LogP contribution in [-0.2, 0) is 14.4 Å². The van der Waals surface area contributed by atoms with Crippen molar-refractivity contribution in [3.05, 3.63) is 36.2 Å². The van der Waals surface area contributed by atoms with Crippen molar-refractivity contribution < 1.29 is 24.6 Å². The van der Waals surface area contributed by atoms with Crippen LogP contribution in [0.25, 0.3) is 6.08 Å². The summed E-state index contributed by atoms with van der Waals surface area (Å²) in [4.78, 5) is 36.4. The van der Waals surface area contributed by atoms with Gasteiger partial charge in [-0.05, 0) is 17.7 Å². The number of carboxylic acids is 2. The van der Waals surface area contributed by atoms with Crippen LogP contribution in [0.1, 0.15) is 12.0 Å². The Morgan fingerprint density at radius 2 is 2.11 bits per heavy atom. The van der Waals surface area contributed by atoms with Crippen LogP contribution in [-0.4, -0.2) is 39.1 Å². The summed E-state index contributed by atoms with van der Waals surface area (Å²) < 4.78 is 0. The van der Waals surface area contributed by atoms with E-state index in [-0.39, 0.29) is 0 Å². The van der Waals surface area contributed by atoms with E-state index in [1.165, 1.54) is 12.3 Å². The highest BCUT2D eigenvalue weighted by atomic mass is 16.4. The summed E-state index contributed by atoms with van der Waals surface area (Å²) in [5.41, 5.74) is 0.669. The fourth-order valence-corrected chi connectivity index (χ4v) is 1.24. The highest BCUT2D eigenvalue weighted by Crippen LogP contribution is 1.99. The molecule has 0 spiro atoms. The molecular formula is C12H12N2O5. The van der Waals surface area contributed by atoms with E-state index in [1.807, 2.05) is 0 Å². The molecule has 0 bridgehead atoms. The first kappa shape index (κ1) is 14.4. The average molecular weight is 264 g/mol. The maximum absolute atomic E-state index is 11.4. The second-order valence-corrected chi connectivity index (χ2v) is 3.62. The third kappa shape index (κ3) is 5.44. The molecule has 1 atom stereocenters. The highest BCUT2D eigenvalue weighted by Gasteiger charge is 2.21. The van der Waals surface area contributed by atoms with Gasteiger partial charge < -0.3 is 15.5 Å². The molecule has 0 unspecified atom stereocenters. The summed E-state index contributed by atoms with van der Waals surface area (Å²) >= 11 is 0. The van der Waals surface area contributed by atoms with Crippen LogP contribution >= 0.6 is 0 Å². The Morgan fingerprint density at radius 3 is 2.63 bits per heavy atom. The van der Waals surface area contributed by atoms with Gasteiger partial charge in [0.05, 0.1) is 6.42 Å². The van der Waals surface area contributed by atoms with E-state index < -0.39 is 30.3 Å². The number of carbonyl (C=O) groups excluding carboxylic acids is 1. The van der Waals surface area contributed by atoms with Gasteiger partial charge in [0.1, 0.15) is 6.04 Å². The van der Waals surface area contributed by atoms with E-state index in [9.17, 15) is 14.4 Å². The normalized spacial score (nSPS) is 12.0. The predicted molar refractivity (Wildman–Crippen MR) is 65.1 cm³/mol. The zero-order chi connectivity index (χ0) is 14.3. The van der Waals surface area contributed by atoms with E-state index in [0.717, 1.165) is 6.08 Å². The second kappa shape index (κ2) is 6.90. The molecule has 0 aliphatic carbocycles. The van der Waals surface area contributed by atoms with Gasteiger partial charge in [-0.2, -0.15) is 0 Å². The third-order valence-corrected chi connectivity index (χ3v) is 2.10. The molecule has 0 fully saturated rings. The molecule has 0 radical (unpaired) electrons. The minimum Gasteiger partial charge on any atom is -0.481 e. The summed E-state index contributed by atoms with van der Waals surface area (Å²) in [5, 5.41) is 19.3. The minimum atomic E-state index is -1.46. The Balaban J connectivity index is 2.60. The van der Waals surface area contributed by atoms with Crippen molar-refractivity contribution in [3.63, 3.8) is 0 Å². The van der Waals surface area contributed by atoms with Crippen LogP contribution in [0.4, 0.5) is 0 Å². The molecule has 0 saturated heterocycles. The second-order valence-electron chi connectivity index (χ2n) is 3.62. The Bertz CT molecular complexity index is 498. The maximum atomic E-state index is 11.4. The van der Waals surface area contributed by atoms with E-state index in [1.54, 1.807) is 18.3 Å². The van der Waals surface area contributed by atoms with Gasteiger partial charge in [0.25, 0.3) is 0 Å². The van der Waals surface area contributed by atoms with Crippen molar-refractivity contribution in [2.75, 3.05) is 0 Å². The molecule has 7 heteroatoms. The molecule has 0 saturated carbocycles. The van der Waals surface area contributed by atoms with Crippen molar-refractivity contribution >= 4 is 23.9 Å². The summed E-state index contributed by atoms with van der Waals surface area (Å²) in [6, 6.07) is 1.94. The van der Waals surface area contributed by atoms with Crippen LogP contribution in [0.3, 0.4) is 0 Å². The number of carbonyl (C=O) groups is 3. The molecule has 19 heavy (non-hydrogen) atoms. The van der Waals surface area contributed by atoms with Crippen LogP contribution in [0, 0.1) is 0 Å². The summed E-state index contributed by atoms with van der Waals surface area (Å²) in [6.45, 7) is 0. The molecule has 1 heterocycles. The average Bonchev–Trinajstić information content (AvgIpc) is 2.36. The fourth-order valence-electron chi connectivity index (χ4n) is 1.24. The number of nitrogens with zero attached hydrogens (tertiary/aromatic N) is 1. The number of hydrogen-bond acceptors (Lipinski definition) is 4. The van der Waals surface area contributed by atoms with Gasteiger partial charge in [0, 0.05) is 18.5 Å². The highest BCUT2D eigenvalue weighted by molar-refractivity contribution is 5.95. The number of aromatic nitrogens is 1. The summed E-state index contributed by atoms with van der Waals surface area (Å²) in [6.07, 6.45) is 4.99. The van der Waals surface area contributed by atoms with Crippen molar-refractivity contribution in [3.8, 4) is 0 Å². The lowest BCUT2D eigenvalue weighted by atomic mass is 10.2. The Hall–Kier alpha value is -2.70. The molecule has 0 aromatic carbocycles. The molecule has 100 valence electrons. The van der Waals surface area contributed by atoms with Gasteiger partial charge in [-0.3, -0.25) is 14.6 Å². The quantitative estimate of drug-likeness (QED) is 0.629. The van der Waals surface area contributed by atoms with E-state index in [2.05, 4.69) is 10.3 Å². The molecule has 0 aliphatic heterocycles. The lowest BCUT2D eigenvalue weighted by Crippen LogP contribution is -2.41. The van der Waals surface area contributed by atoms with E-state index in [4.69, 9.17) is 10.2 Å². The number of aliphatic carboxylic acids is 2. The first-order valence-electron chi connectivity index (χ1n) is 5.32. The third-order valence-electron chi connectivity index (χ3n) is 2.10. The van der Waals surface area contributed by atoms with Gasteiger partial charge in [-0.1, -0.05) is 6.07 Å². The first-order valence-corrected chi connectivity index (χ1v) is 5.32. The van der Waals surface area contributed by atoms with Gasteiger partial charge >= 0.3 is 11.9 Å². The van der Waals surface area contributed by atoms with E-state index in [0.29, 0.717) is 5.56 Å².